The number of carbonyl (C=O) groups is 1. The predicted molar refractivity (Wildman–Crippen MR) is 121 cm³/mol. The van der Waals surface area contributed by atoms with Crippen LogP contribution in [-0.2, 0) is 18.4 Å². The lowest BCUT2D eigenvalue weighted by Gasteiger charge is -2.09. The molecule has 0 bridgehead atoms. The number of nitrogens with zero attached hydrogens (tertiary/aromatic N) is 3. The lowest BCUT2D eigenvalue weighted by atomic mass is 10.2. The highest BCUT2D eigenvalue weighted by Gasteiger charge is 2.17. The van der Waals surface area contributed by atoms with Gasteiger partial charge in [0.05, 0.1) is 18.6 Å². The van der Waals surface area contributed by atoms with E-state index < -0.39 is 0 Å². The van der Waals surface area contributed by atoms with Crippen molar-refractivity contribution in [2.24, 2.45) is 7.05 Å². The topological polar surface area (TPSA) is 82.1 Å². The third-order valence-electron chi connectivity index (χ3n) is 4.44. The maximum Gasteiger partial charge on any atom is 0.273 e. The Morgan fingerprint density at radius 3 is 2.77 bits per heavy atom. The number of thiazole rings is 1. The van der Waals surface area contributed by atoms with Crippen molar-refractivity contribution >= 4 is 51.6 Å². The summed E-state index contributed by atoms with van der Waals surface area (Å²) in [5.74, 6) is 0.629. The van der Waals surface area contributed by atoms with Crippen LogP contribution in [-0.4, -0.2) is 25.8 Å². The van der Waals surface area contributed by atoms with Crippen molar-refractivity contribution in [1.29, 1.82) is 0 Å². The summed E-state index contributed by atoms with van der Waals surface area (Å²) in [6, 6.07) is 11.4. The molecular formula is C20H18N4O3S3. The van der Waals surface area contributed by atoms with Crippen LogP contribution in [0.1, 0.15) is 11.3 Å². The molecule has 0 spiro atoms. The molecule has 0 aliphatic heterocycles. The Morgan fingerprint density at radius 1 is 1.30 bits per heavy atom. The fraction of sp³-hybridized carbons (Fsp3) is 0.200. The molecule has 1 amide bonds. The Balaban J connectivity index is 1.62. The minimum Gasteiger partial charge on any atom is -0.467 e. The number of furan rings is 1. The second-order valence-corrected chi connectivity index (χ2v) is 9.18. The Bertz CT molecular complexity index is 1320. The molecule has 4 aromatic rings. The van der Waals surface area contributed by atoms with Gasteiger partial charge in [-0.25, -0.2) is 4.98 Å². The fourth-order valence-electron chi connectivity index (χ4n) is 2.84. The molecule has 0 fully saturated rings. The van der Waals surface area contributed by atoms with Crippen LogP contribution in [0.2, 0.25) is 0 Å². The Kier molecular flexibility index (Phi) is 5.89. The second kappa shape index (κ2) is 8.58. The van der Waals surface area contributed by atoms with Gasteiger partial charge in [-0.2, -0.15) is 0 Å². The quantitative estimate of drug-likeness (QED) is 0.269. The molecule has 1 aromatic carbocycles. The van der Waals surface area contributed by atoms with E-state index in [9.17, 15) is 9.59 Å². The molecule has 10 heteroatoms. The minimum absolute atomic E-state index is 0.127. The predicted octanol–water partition coefficient (Wildman–Crippen LogP) is 3.83. The lowest BCUT2D eigenvalue weighted by molar-refractivity contribution is -0.118. The smallest absolute Gasteiger partial charge is 0.273 e. The van der Waals surface area contributed by atoms with Crippen molar-refractivity contribution in [2.45, 2.75) is 18.6 Å². The van der Waals surface area contributed by atoms with Crippen molar-refractivity contribution in [2.75, 3.05) is 5.75 Å². The van der Waals surface area contributed by atoms with Crippen LogP contribution in [0.4, 0.5) is 0 Å². The summed E-state index contributed by atoms with van der Waals surface area (Å²) in [5, 5.41) is 3.24. The summed E-state index contributed by atoms with van der Waals surface area (Å²) < 4.78 is 9.51. The largest absolute Gasteiger partial charge is 0.467 e. The van der Waals surface area contributed by atoms with E-state index in [-0.39, 0.29) is 17.2 Å². The van der Waals surface area contributed by atoms with Crippen molar-refractivity contribution < 1.29 is 9.21 Å². The molecule has 3 aromatic heterocycles. The normalized spacial score (nSPS) is 11.1. The van der Waals surface area contributed by atoms with E-state index in [4.69, 9.17) is 16.6 Å². The van der Waals surface area contributed by atoms with Crippen LogP contribution in [0.15, 0.2) is 57.0 Å². The number of aryl methyl sites for hydroxylation is 1. The summed E-state index contributed by atoms with van der Waals surface area (Å²) in [6.07, 6.45) is 1.56. The number of hydrogen-bond donors (Lipinski definition) is 1. The summed E-state index contributed by atoms with van der Waals surface area (Å²) in [6.45, 7) is 2.32. The number of rotatable bonds is 6. The van der Waals surface area contributed by atoms with Crippen LogP contribution in [0.25, 0.3) is 16.0 Å². The SMILES string of the molecule is Cc1ccc(-n2c(=S)sc3c(=O)n(C)c(SCC(=O)NCc4ccco4)nc32)cc1. The summed E-state index contributed by atoms with van der Waals surface area (Å²) in [5.41, 5.74) is 2.31. The first-order valence-electron chi connectivity index (χ1n) is 9.05. The van der Waals surface area contributed by atoms with Crippen LogP contribution in [0, 0.1) is 10.9 Å². The molecule has 0 saturated heterocycles. The van der Waals surface area contributed by atoms with Crippen LogP contribution < -0.4 is 10.9 Å². The number of benzene rings is 1. The Morgan fingerprint density at radius 2 is 2.07 bits per heavy atom. The number of fused-ring (bicyclic) bond motifs is 1. The number of hydrogen-bond acceptors (Lipinski definition) is 7. The van der Waals surface area contributed by atoms with Gasteiger partial charge < -0.3 is 9.73 Å². The maximum atomic E-state index is 12.9. The van der Waals surface area contributed by atoms with Gasteiger partial charge in [0.25, 0.3) is 5.56 Å². The van der Waals surface area contributed by atoms with Crippen LogP contribution in [0.5, 0.6) is 0 Å². The molecule has 154 valence electrons. The number of carbonyl (C=O) groups excluding carboxylic acids is 1. The Labute approximate surface area is 185 Å². The van der Waals surface area contributed by atoms with Crippen molar-refractivity contribution in [3.8, 4) is 5.69 Å². The number of amides is 1. The zero-order valence-electron chi connectivity index (χ0n) is 16.2. The van der Waals surface area contributed by atoms with Crippen molar-refractivity contribution in [3.05, 3.63) is 68.3 Å². The standard InChI is InChI=1S/C20H18N4O3S3/c1-12-5-7-13(8-6-12)24-17-16(30-20(24)28)18(26)23(2)19(22-17)29-11-15(25)21-10-14-4-3-9-27-14/h3-9H,10-11H2,1-2H3,(H,21,25). The van der Waals surface area contributed by atoms with Crippen LogP contribution >= 0.6 is 35.3 Å². The highest BCUT2D eigenvalue weighted by Crippen LogP contribution is 2.25. The van der Waals surface area contributed by atoms with E-state index >= 15 is 0 Å². The summed E-state index contributed by atoms with van der Waals surface area (Å²) in [4.78, 5) is 29.7. The van der Waals surface area contributed by atoms with Gasteiger partial charge in [-0.1, -0.05) is 40.8 Å². The average Bonchev–Trinajstić information content (AvgIpc) is 3.36. The Hall–Kier alpha value is -2.69. The molecule has 0 aliphatic rings. The van der Waals surface area contributed by atoms with E-state index in [1.807, 2.05) is 31.2 Å². The van der Waals surface area contributed by atoms with Gasteiger partial charge in [0.15, 0.2) is 14.8 Å². The molecule has 4 rings (SSSR count). The highest BCUT2D eigenvalue weighted by atomic mass is 32.2. The zero-order chi connectivity index (χ0) is 21.3. The third-order valence-corrected chi connectivity index (χ3v) is 6.82. The lowest BCUT2D eigenvalue weighted by Crippen LogP contribution is -2.25. The molecular weight excluding hydrogens is 440 g/mol. The van der Waals surface area contributed by atoms with Crippen molar-refractivity contribution in [3.63, 3.8) is 0 Å². The van der Waals surface area contributed by atoms with Gasteiger partial charge in [0, 0.05) is 12.7 Å². The molecule has 0 atom stereocenters. The first-order valence-corrected chi connectivity index (χ1v) is 11.3. The number of aromatic nitrogens is 3. The molecule has 0 saturated carbocycles. The van der Waals surface area contributed by atoms with Gasteiger partial charge in [-0.3, -0.25) is 18.7 Å². The van der Waals surface area contributed by atoms with E-state index in [1.54, 1.807) is 30.0 Å². The molecule has 7 nitrogen and oxygen atoms in total. The van der Waals surface area contributed by atoms with Crippen LogP contribution in [0.3, 0.4) is 0 Å². The molecule has 0 unspecified atom stereocenters. The average molecular weight is 459 g/mol. The fourth-order valence-corrected chi connectivity index (χ4v) is 4.98. The van der Waals surface area contributed by atoms with E-state index in [0.717, 1.165) is 11.3 Å². The minimum atomic E-state index is -0.180. The molecule has 1 N–H and O–H groups in total. The van der Waals surface area contributed by atoms with Gasteiger partial charge in [0.2, 0.25) is 5.91 Å². The molecule has 3 heterocycles. The van der Waals surface area contributed by atoms with Gasteiger partial charge >= 0.3 is 0 Å². The molecule has 0 aliphatic carbocycles. The summed E-state index contributed by atoms with van der Waals surface area (Å²) >= 11 is 7.95. The van der Waals surface area contributed by atoms with E-state index in [0.29, 0.717) is 31.8 Å². The van der Waals surface area contributed by atoms with Gasteiger partial charge in [-0.15, -0.1) is 0 Å². The van der Waals surface area contributed by atoms with Crippen molar-refractivity contribution in [1.82, 2.24) is 19.4 Å². The number of nitrogens with one attached hydrogen (secondary N) is 1. The van der Waals surface area contributed by atoms with E-state index in [1.165, 1.54) is 27.7 Å². The molecule has 0 radical (unpaired) electrons. The van der Waals surface area contributed by atoms with Gasteiger partial charge in [-0.05, 0) is 43.4 Å². The second-order valence-electron chi connectivity index (χ2n) is 6.59. The highest BCUT2D eigenvalue weighted by molar-refractivity contribution is 7.99. The maximum absolute atomic E-state index is 12.9. The number of thioether (sulfide) groups is 1. The first-order chi connectivity index (χ1) is 14.4. The first kappa shape index (κ1) is 20.6. The zero-order valence-corrected chi connectivity index (χ0v) is 18.7. The van der Waals surface area contributed by atoms with Gasteiger partial charge in [0.1, 0.15) is 10.5 Å². The third kappa shape index (κ3) is 4.11. The summed E-state index contributed by atoms with van der Waals surface area (Å²) in [7, 11) is 1.65. The molecule has 30 heavy (non-hydrogen) atoms. The van der Waals surface area contributed by atoms with E-state index in [2.05, 4.69) is 10.3 Å². The monoisotopic (exact) mass is 458 g/mol.